The molecule has 1 atom stereocenters. The summed E-state index contributed by atoms with van der Waals surface area (Å²) in [5, 5.41) is 3.68. The quantitative estimate of drug-likeness (QED) is 0.791. The highest BCUT2D eigenvalue weighted by Crippen LogP contribution is 2.23. The topological polar surface area (TPSA) is 47.0 Å². The zero-order valence-electron chi connectivity index (χ0n) is 12.6. The van der Waals surface area contributed by atoms with Crippen LogP contribution in [-0.4, -0.2) is 16.1 Å². The van der Waals surface area contributed by atoms with E-state index in [0.29, 0.717) is 11.0 Å². The number of nitrogens with zero attached hydrogens (tertiary/aromatic N) is 2. The Morgan fingerprint density at radius 1 is 1.24 bits per heavy atom. The molecule has 1 aromatic carbocycles. The maximum Gasteiger partial charge on any atom is 0.135 e. The normalized spacial score (nSPS) is 12.0. The summed E-state index contributed by atoms with van der Waals surface area (Å²) in [6.45, 7) is 6.15. The molecule has 0 spiro atoms. The molecule has 0 amide bonds. The van der Waals surface area contributed by atoms with Crippen molar-refractivity contribution in [2.24, 2.45) is 0 Å². The zero-order valence-corrected chi connectivity index (χ0v) is 13.3. The molecule has 1 aromatic heterocycles. The van der Waals surface area contributed by atoms with Crippen molar-refractivity contribution in [1.82, 2.24) is 9.97 Å². The van der Waals surface area contributed by atoms with Crippen LogP contribution in [0.15, 0.2) is 30.3 Å². The van der Waals surface area contributed by atoms with E-state index in [-0.39, 0.29) is 6.10 Å². The van der Waals surface area contributed by atoms with E-state index in [1.54, 1.807) is 6.07 Å². The molecule has 0 aliphatic carbocycles. The highest BCUT2D eigenvalue weighted by Gasteiger charge is 2.05. The Kier molecular flexibility index (Phi) is 5.39. The summed E-state index contributed by atoms with van der Waals surface area (Å²) in [5.41, 5.74) is 0.910. The molecular formula is C16H20ClN3O. The van der Waals surface area contributed by atoms with E-state index >= 15 is 0 Å². The largest absolute Gasteiger partial charge is 0.491 e. The molecule has 0 radical (unpaired) electrons. The minimum Gasteiger partial charge on any atom is -0.491 e. The number of rotatable bonds is 6. The Balaban J connectivity index is 2.16. The Labute approximate surface area is 130 Å². The van der Waals surface area contributed by atoms with Gasteiger partial charge in [0.15, 0.2) is 0 Å². The first-order chi connectivity index (χ1) is 10.1. The molecule has 21 heavy (non-hydrogen) atoms. The van der Waals surface area contributed by atoms with Crippen molar-refractivity contribution in [2.75, 3.05) is 5.32 Å². The summed E-state index contributed by atoms with van der Waals surface area (Å²) in [7, 11) is 0. The van der Waals surface area contributed by atoms with Crippen molar-refractivity contribution < 1.29 is 4.74 Å². The number of hydrogen-bond donors (Lipinski definition) is 1. The molecule has 4 nitrogen and oxygen atoms in total. The second-order valence-corrected chi connectivity index (χ2v) is 5.22. The van der Waals surface area contributed by atoms with Crippen LogP contribution in [-0.2, 0) is 6.42 Å². The summed E-state index contributed by atoms with van der Waals surface area (Å²) in [6, 6.07) is 9.52. The van der Waals surface area contributed by atoms with E-state index in [1.807, 2.05) is 31.2 Å². The number of aromatic nitrogens is 2. The fourth-order valence-electron chi connectivity index (χ4n) is 1.80. The van der Waals surface area contributed by atoms with Gasteiger partial charge < -0.3 is 10.1 Å². The maximum atomic E-state index is 6.00. The Morgan fingerprint density at radius 3 is 2.76 bits per heavy atom. The maximum absolute atomic E-state index is 6.00. The molecule has 2 rings (SSSR count). The summed E-state index contributed by atoms with van der Waals surface area (Å²) in [5.74, 6) is 2.25. The van der Waals surface area contributed by atoms with Crippen molar-refractivity contribution >= 4 is 23.1 Å². The van der Waals surface area contributed by atoms with Gasteiger partial charge in [0.1, 0.15) is 22.5 Å². The van der Waals surface area contributed by atoms with Crippen LogP contribution in [0.25, 0.3) is 0 Å². The van der Waals surface area contributed by atoms with Crippen molar-refractivity contribution in [1.29, 1.82) is 0 Å². The van der Waals surface area contributed by atoms with E-state index in [4.69, 9.17) is 16.3 Å². The van der Waals surface area contributed by atoms with Crippen molar-refractivity contribution in [3.05, 3.63) is 41.3 Å². The Morgan fingerprint density at radius 2 is 2.05 bits per heavy atom. The average molecular weight is 306 g/mol. The van der Waals surface area contributed by atoms with E-state index in [1.165, 1.54) is 0 Å². The van der Waals surface area contributed by atoms with Gasteiger partial charge in [-0.2, -0.15) is 0 Å². The Bertz CT molecular complexity index is 604. The van der Waals surface area contributed by atoms with Crippen molar-refractivity contribution in [2.45, 2.75) is 39.7 Å². The third-order valence-electron chi connectivity index (χ3n) is 3.08. The van der Waals surface area contributed by atoms with Gasteiger partial charge in [0.25, 0.3) is 0 Å². The van der Waals surface area contributed by atoms with E-state index in [2.05, 4.69) is 29.1 Å². The molecule has 1 unspecified atom stereocenters. The lowest BCUT2D eigenvalue weighted by atomic mass is 10.2. The van der Waals surface area contributed by atoms with Gasteiger partial charge in [0, 0.05) is 24.2 Å². The summed E-state index contributed by atoms with van der Waals surface area (Å²) < 4.78 is 5.81. The number of ether oxygens (including phenoxy) is 1. The van der Waals surface area contributed by atoms with Gasteiger partial charge >= 0.3 is 0 Å². The number of halogens is 1. The molecular weight excluding hydrogens is 286 g/mol. The minimum atomic E-state index is 0.195. The van der Waals surface area contributed by atoms with E-state index < -0.39 is 0 Å². The van der Waals surface area contributed by atoms with Gasteiger partial charge in [-0.05, 0) is 25.5 Å². The molecule has 1 N–H and O–H groups in total. The summed E-state index contributed by atoms with van der Waals surface area (Å²) in [4.78, 5) is 8.56. The number of hydrogen-bond acceptors (Lipinski definition) is 4. The molecule has 112 valence electrons. The number of aryl methyl sites for hydroxylation is 1. The fourth-order valence-corrected chi connectivity index (χ4v) is 2.00. The highest BCUT2D eigenvalue weighted by molar-refractivity contribution is 6.29. The molecule has 5 heteroatoms. The van der Waals surface area contributed by atoms with Gasteiger partial charge in [0.05, 0.1) is 6.10 Å². The predicted molar refractivity (Wildman–Crippen MR) is 86.5 cm³/mol. The molecule has 0 saturated heterocycles. The monoisotopic (exact) mass is 305 g/mol. The number of anilines is 2. The van der Waals surface area contributed by atoms with Gasteiger partial charge in [-0.15, -0.1) is 0 Å². The minimum absolute atomic E-state index is 0.195. The van der Waals surface area contributed by atoms with E-state index in [0.717, 1.165) is 30.1 Å². The standard InChI is InChI=1S/C16H20ClN3O/c1-4-11(3)21-13-8-6-7-12(9-13)18-16-10-14(17)19-15(5-2)20-16/h6-11H,4-5H2,1-3H3,(H,18,19,20). The van der Waals surface area contributed by atoms with Crippen LogP contribution in [0, 0.1) is 0 Å². The van der Waals surface area contributed by atoms with Crippen LogP contribution in [0.4, 0.5) is 11.5 Å². The van der Waals surface area contributed by atoms with Gasteiger partial charge in [0.2, 0.25) is 0 Å². The first kappa shape index (κ1) is 15.6. The van der Waals surface area contributed by atoms with Gasteiger partial charge in [-0.1, -0.05) is 31.5 Å². The van der Waals surface area contributed by atoms with Crippen LogP contribution >= 0.6 is 11.6 Å². The van der Waals surface area contributed by atoms with Crippen LogP contribution < -0.4 is 10.1 Å². The van der Waals surface area contributed by atoms with Gasteiger partial charge in [-0.3, -0.25) is 0 Å². The summed E-state index contributed by atoms with van der Waals surface area (Å²) in [6.07, 6.45) is 1.91. The van der Waals surface area contributed by atoms with Crippen molar-refractivity contribution in [3.8, 4) is 5.75 Å². The molecule has 0 saturated carbocycles. The third-order valence-corrected chi connectivity index (χ3v) is 3.27. The van der Waals surface area contributed by atoms with Crippen LogP contribution in [0.2, 0.25) is 5.15 Å². The highest BCUT2D eigenvalue weighted by atomic mass is 35.5. The van der Waals surface area contributed by atoms with Crippen molar-refractivity contribution in [3.63, 3.8) is 0 Å². The Hall–Kier alpha value is -1.81. The first-order valence-corrected chi connectivity index (χ1v) is 7.55. The lowest BCUT2D eigenvalue weighted by molar-refractivity contribution is 0.217. The number of nitrogens with one attached hydrogen (secondary N) is 1. The molecule has 1 heterocycles. The van der Waals surface area contributed by atoms with Crippen LogP contribution in [0.1, 0.15) is 33.0 Å². The van der Waals surface area contributed by atoms with Crippen LogP contribution in [0.5, 0.6) is 5.75 Å². The zero-order chi connectivity index (χ0) is 15.2. The lowest BCUT2D eigenvalue weighted by Crippen LogP contribution is -2.09. The molecule has 0 fully saturated rings. The second kappa shape index (κ2) is 7.27. The third kappa shape index (κ3) is 4.60. The van der Waals surface area contributed by atoms with E-state index in [9.17, 15) is 0 Å². The molecule has 0 aliphatic heterocycles. The SMILES string of the molecule is CCc1nc(Cl)cc(Nc2cccc(OC(C)CC)c2)n1. The second-order valence-electron chi connectivity index (χ2n) is 4.84. The number of benzene rings is 1. The fraction of sp³-hybridized carbons (Fsp3) is 0.375. The smallest absolute Gasteiger partial charge is 0.135 e. The molecule has 0 bridgehead atoms. The predicted octanol–water partition coefficient (Wildman–Crippen LogP) is 4.61. The average Bonchev–Trinajstić information content (AvgIpc) is 2.46. The van der Waals surface area contributed by atoms with Gasteiger partial charge in [-0.25, -0.2) is 9.97 Å². The van der Waals surface area contributed by atoms with Crippen LogP contribution in [0.3, 0.4) is 0 Å². The lowest BCUT2D eigenvalue weighted by Gasteiger charge is -2.14. The summed E-state index contributed by atoms with van der Waals surface area (Å²) >= 11 is 6.00. The first-order valence-electron chi connectivity index (χ1n) is 7.18. The molecule has 2 aromatic rings. The molecule has 0 aliphatic rings.